The molecule has 0 spiro atoms. The molecule has 2 rings (SSSR count). The van der Waals surface area contributed by atoms with Gasteiger partial charge in [0.2, 0.25) is 0 Å². The highest BCUT2D eigenvalue weighted by atomic mass is 19.3. The Hall–Kier alpha value is -1.04. The minimum absolute atomic E-state index is 0.0241. The smallest absolute Gasteiger partial charge is 0.286 e. The van der Waals surface area contributed by atoms with Crippen molar-refractivity contribution in [3.8, 4) is 0 Å². The number of rotatable bonds is 3. The van der Waals surface area contributed by atoms with E-state index in [1.165, 1.54) is 6.07 Å². The van der Waals surface area contributed by atoms with E-state index in [0.29, 0.717) is 17.7 Å². The van der Waals surface area contributed by atoms with Crippen molar-refractivity contribution in [2.75, 3.05) is 13.3 Å². The summed E-state index contributed by atoms with van der Waals surface area (Å²) in [6.07, 6.45) is 0. The third kappa shape index (κ3) is 3.53. The highest BCUT2D eigenvalue weighted by Crippen LogP contribution is 2.37. The molecule has 1 N–H and O–H groups in total. The minimum atomic E-state index is -2.92. The van der Waals surface area contributed by atoms with Gasteiger partial charge in [-0.1, -0.05) is 12.1 Å². The van der Waals surface area contributed by atoms with Gasteiger partial charge in [0.15, 0.2) is 0 Å². The number of halogens is 2. The second kappa shape index (κ2) is 5.39. The van der Waals surface area contributed by atoms with Crippen LogP contribution in [0.2, 0.25) is 0 Å². The predicted octanol–water partition coefficient (Wildman–Crippen LogP) is 2.86. The molecule has 1 aromatic rings. The molecule has 112 valence electrons. The third-order valence-electron chi connectivity index (χ3n) is 3.25. The van der Waals surface area contributed by atoms with Crippen LogP contribution in [0.15, 0.2) is 18.2 Å². The zero-order chi connectivity index (χ0) is 15.0. The van der Waals surface area contributed by atoms with Gasteiger partial charge in [-0.3, -0.25) is 4.90 Å². The van der Waals surface area contributed by atoms with Crippen LogP contribution in [0.1, 0.15) is 37.5 Å². The van der Waals surface area contributed by atoms with E-state index >= 15 is 0 Å². The van der Waals surface area contributed by atoms with E-state index in [0.717, 1.165) is 0 Å². The van der Waals surface area contributed by atoms with Crippen LogP contribution in [0.3, 0.4) is 0 Å². The van der Waals surface area contributed by atoms with Crippen molar-refractivity contribution >= 4 is 0 Å². The second-order valence-corrected chi connectivity index (χ2v) is 6.23. The van der Waals surface area contributed by atoms with Crippen LogP contribution in [-0.2, 0) is 23.8 Å². The average molecular weight is 285 g/mol. The SMILES string of the molecule is CC(C)(C)OCN1Cc2ccc(CO)cc2C(F)(F)C1. The molecule has 0 saturated heterocycles. The maximum atomic E-state index is 14.2. The van der Waals surface area contributed by atoms with Gasteiger partial charge in [-0.05, 0) is 38.0 Å². The van der Waals surface area contributed by atoms with Crippen LogP contribution in [-0.4, -0.2) is 28.9 Å². The van der Waals surface area contributed by atoms with Gasteiger partial charge in [-0.25, -0.2) is 0 Å². The molecular formula is C15H21F2NO2. The van der Waals surface area contributed by atoms with E-state index in [4.69, 9.17) is 9.84 Å². The Morgan fingerprint density at radius 1 is 1.35 bits per heavy atom. The van der Waals surface area contributed by atoms with Crippen LogP contribution < -0.4 is 0 Å². The lowest BCUT2D eigenvalue weighted by molar-refractivity contribution is -0.115. The number of benzene rings is 1. The fourth-order valence-electron chi connectivity index (χ4n) is 2.24. The highest BCUT2D eigenvalue weighted by Gasteiger charge is 2.40. The molecular weight excluding hydrogens is 264 g/mol. The van der Waals surface area contributed by atoms with Gasteiger partial charge in [0, 0.05) is 12.1 Å². The summed E-state index contributed by atoms with van der Waals surface area (Å²) in [6, 6.07) is 4.75. The summed E-state index contributed by atoms with van der Waals surface area (Å²) >= 11 is 0. The van der Waals surface area contributed by atoms with E-state index in [1.807, 2.05) is 20.8 Å². The molecule has 0 bridgehead atoms. The fourth-order valence-corrected chi connectivity index (χ4v) is 2.24. The van der Waals surface area contributed by atoms with Gasteiger partial charge in [0.05, 0.1) is 18.8 Å². The van der Waals surface area contributed by atoms with Crippen molar-refractivity contribution in [3.05, 3.63) is 34.9 Å². The number of hydrogen-bond acceptors (Lipinski definition) is 3. The normalized spacial score (nSPS) is 18.9. The van der Waals surface area contributed by atoms with Gasteiger partial charge in [0.1, 0.15) is 6.73 Å². The first-order chi connectivity index (χ1) is 9.21. The van der Waals surface area contributed by atoms with Gasteiger partial charge in [-0.15, -0.1) is 0 Å². The Kier molecular flexibility index (Phi) is 4.14. The van der Waals surface area contributed by atoms with E-state index < -0.39 is 5.92 Å². The molecule has 1 heterocycles. The van der Waals surface area contributed by atoms with Crippen LogP contribution in [0.5, 0.6) is 0 Å². The lowest BCUT2D eigenvalue weighted by atomic mass is 9.95. The lowest BCUT2D eigenvalue weighted by Gasteiger charge is -2.35. The molecule has 0 aliphatic carbocycles. The quantitative estimate of drug-likeness (QED) is 0.927. The Morgan fingerprint density at radius 3 is 2.65 bits per heavy atom. The van der Waals surface area contributed by atoms with Crippen LogP contribution in [0.25, 0.3) is 0 Å². The summed E-state index contributed by atoms with van der Waals surface area (Å²) in [4.78, 5) is 1.60. The van der Waals surface area contributed by atoms with Crippen molar-refractivity contribution in [3.63, 3.8) is 0 Å². The molecule has 0 unspecified atom stereocenters. The first-order valence-corrected chi connectivity index (χ1v) is 6.68. The minimum Gasteiger partial charge on any atom is -0.392 e. The molecule has 1 aromatic carbocycles. The Balaban J connectivity index is 2.18. The number of alkyl halides is 2. The van der Waals surface area contributed by atoms with Gasteiger partial charge in [0.25, 0.3) is 5.92 Å². The van der Waals surface area contributed by atoms with Crippen molar-refractivity contribution in [1.29, 1.82) is 0 Å². The number of aliphatic hydroxyl groups is 1. The zero-order valence-electron chi connectivity index (χ0n) is 12.1. The summed E-state index contributed by atoms with van der Waals surface area (Å²) < 4.78 is 34.0. The zero-order valence-corrected chi connectivity index (χ0v) is 12.1. The van der Waals surface area contributed by atoms with Gasteiger partial charge >= 0.3 is 0 Å². The molecule has 0 aromatic heterocycles. The maximum Gasteiger partial charge on any atom is 0.286 e. The van der Waals surface area contributed by atoms with E-state index in [9.17, 15) is 8.78 Å². The molecule has 0 atom stereocenters. The van der Waals surface area contributed by atoms with Gasteiger partial charge in [-0.2, -0.15) is 8.78 Å². The number of nitrogens with zero attached hydrogens (tertiary/aromatic N) is 1. The summed E-state index contributed by atoms with van der Waals surface area (Å²) in [5.74, 6) is -2.92. The monoisotopic (exact) mass is 285 g/mol. The molecule has 0 amide bonds. The van der Waals surface area contributed by atoms with Crippen molar-refractivity contribution in [2.24, 2.45) is 0 Å². The lowest BCUT2D eigenvalue weighted by Crippen LogP contribution is -2.43. The number of ether oxygens (including phenoxy) is 1. The fraction of sp³-hybridized carbons (Fsp3) is 0.600. The first-order valence-electron chi connectivity index (χ1n) is 6.68. The highest BCUT2D eigenvalue weighted by molar-refractivity contribution is 5.37. The summed E-state index contributed by atoms with van der Waals surface area (Å²) in [5.41, 5.74) is 0.783. The van der Waals surface area contributed by atoms with Crippen molar-refractivity contribution < 1.29 is 18.6 Å². The molecule has 3 nitrogen and oxygen atoms in total. The number of fused-ring (bicyclic) bond motifs is 1. The third-order valence-corrected chi connectivity index (χ3v) is 3.25. The standard InChI is InChI=1S/C15H21F2NO2/c1-14(2,3)20-10-18-7-12-5-4-11(8-19)6-13(12)15(16,17)9-18/h4-6,19H,7-10H2,1-3H3. The van der Waals surface area contributed by atoms with Crippen LogP contribution >= 0.6 is 0 Å². The predicted molar refractivity (Wildman–Crippen MR) is 72.4 cm³/mol. The molecule has 5 heteroatoms. The van der Waals surface area contributed by atoms with E-state index in [1.54, 1.807) is 17.0 Å². The average Bonchev–Trinajstić information content (AvgIpc) is 2.34. The Morgan fingerprint density at radius 2 is 2.05 bits per heavy atom. The largest absolute Gasteiger partial charge is 0.392 e. The molecule has 1 aliphatic rings. The van der Waals surface area contributed by atoms with E-state index in [2.05, 4.69) is 0 Å². The molecule has 20 heavy (non-hydrogen) atoms. The summed E-state index contributed by atoms with van der Waals surface area (Å²) in [5, 5.41) is 9.06. The number of hydrogen-bond donors (Lipinski definition) is 1. The molecule has 0 radical (unpaired) electrons. The Labute approximate surface area is 118 Å². The second-order valence-electron chi connectivity index (χ2n) is 6.23. The topological polar surface area (TPSA) is 32.7 Å². The number of aliphatic hydroxyl groups excluding tert-OH is 1. The maximum absolute atomic E-state index is 14.2. The first kappa shape index (κ1) is 15.4. The van der Waals surface area contributed by atoms with Crippen LogP contribution in [0, 0.1) is 0 Å². The molecule has 1 aliphatic heterocycles. The van der Waals surface area contributed by atoms with E-state index in [-0.39, 0.29) is 31.0 Å². The van der Waals surface area contributed by atoms with Crippen molar-refractivity contribution in [1.82, 2.24) is 4.90 Å². The Bertz CT molecular complexity index is 483. The van der Waals surface area contributed by atoms with Gasteiger partial charge < -0.3 is 9.84 Å². The summed E-state index contributed by atoms with van der Waals surface area (Å²) in [7, 11) is 0. The molecule has 0 saturated carbocycles. The van der Waals surface area contributed by atoms with Crippen LogP contribution in [0.4, 0.5) is 8.78 Å². The molecule has 0 fully saturated rings. The summed E-state index contributed by atoms with van der Waals surface area (Å²) in [6.45, 7) is 5.74. The van der Waals surface area contributed by atoms with Crippen molar-refractivity contribution in [2.45, 2.75) is 45.4 Å².